The van der Waals surface area contributed by atoms with E-state index in [9.17, 15) is 9.59 Å². The molecule has 0 aliphatic rings. The Morgan fingerprint density at radius 3 is 2.50 bits per heavy atom. The third-order valence-corrected chi connectivity index (χ3v) is 3.26. The Hall–Kier alpha value is -2.65. The van der Waals surface area contributed by atoms with Gasteiger partial charge in [-0.25, -0.2) is 4.79 Å². The molecule has 2 aromatic carbocycles. The van der Waals surface area contributed by atoms with Gasteiger partial charge in [0.15, 0.2) is 6.61 Å². The number of nitrogens with zero attached hydrogens (tertiary/aromatic N) is 1. The zero-order valence-electron chi connectivity index (χ0n) is 11.4. The molecule has 0 heterocycles. The van der Waals surface area contributed by atoms with Crippen molar-refractivity contribution in [3.63, 3.8) is 0 Å². The zero-order valence-corrected chi connectivity index (χ0v) is 13.0. The number of para-hydroxylation sites is 1. The van der Waals surface area contributed by atoms with Crippen LogP contribution in [0, 0.1) is 11.3 Å². The molecule has 22 heavy (non-hydrogen) atoms. The minimum absolute atomic E-state index is 0.343. The maximum Gasteiger partial charge on any atom is 0.338 e. The number of rotatable bonds is 4. The van der Waals surface area contributed by atoms with E-state index in [0.29, 0.717) is 16.8 Å². The van der Waals surface area contributed by atoms with Crippen LogP contribution in [-0.2, 0) is 9.53 Å². The van der Waals surface area contributed by atoms with Crippen LogP contribution in [0.2, 0.25) is 0 Å². The lowest BCUT2D eigenvalue weighted by Crippen LogP contribution is -2.21. The molecular formula is C16H11BrN2O3. The third kappa shape index (κ3) is 4.17. The van der Waals surface area contributed by atoms with Gasteiger partial charge in [0, 0.05) is 4.47 Å². The summed E-state index contributed by atoms with van der Waals surface area (Å²) in [5.74, 6) is -1.09. The second-order valence-corrected chi connectivity index (χ2v) is 5.20. The van der Waals surface area contributed by atoms with Crippen molar-refractivity contribution >= 4 is 33.5 Å². The van der Waals surface area contributed by atoms with E-state index in [1.807, 2.05) is 6.07 Å². The monoisotopic (exact) mass is 358 g/mol. The van der Waals surface area contributed by atoms with Crippen LogP contribution in [0.15, 0.2) is 53.0 Å². The molecule has 0 aromatic heterocycles. The van der Waals surface area contributed by atoms with E-state index in [1.165, 1.54) is 0 Å². The van der Waals surface area contributed by atoms with Crippen molar-refractivity contribution < 1.29 is 14.3 Å². The van der Waals surface area contributed by atoms with Crippen LogP contribution in [0.25, 0.3) is 0 Å². The molecule has 6 heteroatoms. The van der Waals surface area contributed by atoms with Crippen molar-refractivity contribution in [2.45, 2.75) is 0 Å². The van der Waals surface area contributed by atoms with Crippen LogP contribution in [0.4, 0.5) is 5.69 Å². The largest absolute Gasteiger partial charge is 0.452 e. The normalized spacial score (nSPS) is 9.64. The number of carbonyl (C=O) groups is 2. The van der Waals surface area contributed by atoms with Crippen molar-refractivity contribution in [1.82, 2.24) is 0 Å². The van der Waals surface area contributed by atoms with Crippen molar-refractivity contribution in [2.75, 3.05) is 11.9 Å². The molecule has 2 aromatic rings. The average molecular weight is 359 g/mol. The number of nitrogens with one attached hydrogen (secondary N) is 1. The van der Waals surface area contributed by atoms with E-state index in [1.54, 1.807) is 48.5 Å². The molecule has 110 valence electrons. The molecule has 0 aliphatic heterocycles. The molecule has 1 amide bonds. The molecule has 2 rings (SSSR count). The number of nitriles is 1. The van der Waals surface area contributed by atoms with E-state index < -0.39 is 18.5 Å². The molecule has 0 saturated heterocycles. The maximum atomic E-state index is 11.8. The van der Waals surface area contributed by atoms with Crippen LogP contribution in [-0.4, -0.2) is 18.5 Å². The lowest BCUT2D eigenvalue weighted by atomic mass is 10.2. The number of amides is 1. The minimum atomic E-state index is -0.587. The molecule has 0 aliphatic carbocycles. The highest BCUT2D eigenvalue weighted by Gasteiger charge is 2.11. The van der Waals surface area contributed by atoms with Gasteiger partial charge in [0.25, 0.3) is 5.91 Å². The van der Waals surface area contributed by atoms with E-state index >= 15 is 0 Å². The molecule has 0 saturated carbocycles. The summed E-state index contributed by atoms with van der Waals surface area (Å²) in [5, 5.41) is 11.5. The van der Waals surface area contributed by atoms with E-state index in [-0.39, 0.29) is 0 Å². The second kappa shape index (κ2) is 7.38. The predicted molar refractivity (Wildman–Crippen MR) is 84.2 cm³/mol. The molecule has 0 bridgehead atoms. The summed E-state index contributed by atoms with van der Waals surface area (Å²) in [6.07, 6.45) is 0. The van der Waals surface area contributed by atoms with Gasteiger partial charge in [-0.3, -0.25) is 4.79 Å². The third-order valence-electron chi connectivity index (χ3n) is 2.74. The summed E-state index contributed by atoms with van der Waals surface area (Å²) in [6.45, 7) is -0.422. The molecule has 0 atom stereocenters. The Morgan fingerprint density at radius 1 is 1.14 bits per heavy atom. The van der Waals surface area contributed by atoms with Gasteiger partial charge in [0.2, 0.25) is 0 Å². The highest BCUT2D eigenvalue weighted by molar-refractivity contribution is 9.10. The van der Waals surface area contributed by atoms with Gasteiger partial charge < -0.3 is 10.1 Å². The van der Waals surface area contributed by atoms with Crippen LogP contribution >= 0.6 is 15.9 Å². The minimum Gasteiger partial charge on any atom is -0.452 e. The number of anilines is 1. The molecule has 0 spiro atoms. The first-order chi connectivity index (χ1) is 10.6. The maximum absolute atomic E-state index is 11.8. The number of carbonyl (C=O) groups excluding carboxylic acids is 2. The quantitative estimate of drug-likeness (QED) is 0.851. The molecular weight excluding hydrogens is 348 g/mol. The highest BCUT2D eigenvalue weighted by Crippen LogP contribution is 2.14. The summed E-state index contributed by atoms with van der Waals surface area (Å²) >= 11 is 3.26. The summed E-state index contributed by atoms with van der Waals surface area (Å²) < 4.78 is 5.77. The van der Waals surface area contributed by atoms with E-state index in [0.717, 1.165) is 4.47 Å². The second-order valence-electron chi connectivity index (χ2n) is 4.29. The lowest BCUT2D eigenvalue weighted by molar-refractivity contribution is -0.119. The predicted octanol–water partition coefficient (Wildman–Crippen LogP) is 3.12. The smallest absolute Gasteiger partial charge is 0.338 e. The van der Waals surface area contributed by atoms with E-state index in [4.69, 9.17) is 10.00 Å². The zero-order chi connectivity index (χ0) is 15.9. The van der Waals surface area contributed by atoms with Gasteiger partial charge in [-0.15, -0.1) is 0 Å². The molecule has 1 N–H and O–H groups in total. The van der Waals surface area contributed by atoms with Crippen molar-refractivity contribution in [3.8, 4) is 6.07 Å². The number of hydrogen-bond donors (Lipinski definition) is 1. The SMILES string of the molecule is N#Cc1ccccc1NC(=O)COC(=O)c1ccc(Br)cc1. The van der Waals surface area contributed by atoms with Gasteiger partial charge in [0.05, 0.1) is 16.8 Å². The average Bonchev–Trinajstić information content (AvgIpc) is 2.54. The Labute approximate surface area is 135 Å². The van der Waals surface area contributed by atoms with Crippen LogP contribution in [0.1, 0.15) is 15.9 Å². The molecule has 5 nitrogen and oxygen atoms in total. The Balaban J connectivity index is 1.91. The highest BCUT2D eigenvalue weighted by atomic mass is 79.9. The lowest BCUT2D eigenvalue weighted by Gasteiger charge is -2.07. The first kappa shape index (κ1) is 15.7. The summed E-state index contributed by atoms with van der Waals surface area (Å²) in [6, 6.07) is 15.2. The number of halogens is 1. The van der Waals surface area contributed by atoms with Crippen LogP contribution in [0.3, 0.4) is 0 Å². The Bertz CT molecular complexity index is 736. The summed E-state index contributed by atoms with van der Waals surface area (Å²) in [7, 11) is 0. The summed E-state index contributed by atoms with van der Waals surface area (Å²) in [5.41, 5.74) is 1.08. The van der Waals surface area contributed by atoms with E-state index in [2.05, 4.69) is 21.2 Å². The standard InChI is InChI=1S/C16H11BrN2O3/c17-13-7-5-11(6-8-13)16(21)22-10-15(20)19-14-4-2-1-3-12(14)9-18/h1-8H,10H2,(H,19,20). The number of benzene rings is 2. The Kier molecular flexibility index (Phi) is 5.28. The van der Waals surface area contributed by atoms with Gasteiger partial charge in [0.1, 0.15) is 6.07 Å². The van der Waals surface area contributed by atoms with Crippen molar-refractivity contribution in [1.29, 1.82) is 5.26 Å². The van der Waals surface area contributed by atoms with Gasteiger partial charge in [-0.2, -0.15) is 5.26 Å². The van der Waals surface area contributed by atoms with Crippen LogP contribution in [0.5, 0.6) is 0 Å². The fraction of sp³-hybridized carbons (Fsp3) is 0.0625. The summed E-state index contributed by atoms with van der Waals surface area (Å²) in [4.78, 5) is 23.5. The van der Waals surface area contributed by atoms with Gasteiger partial charge in [-0.05, 0) is 36.4 Å². The number of hydrogen-bond acceptors (Lipinski definition) is 4. The topological polar surface area (TPSA) is 79.2 Å². The fourth-order valence-electron chi connectivity index (χ4n) is 1.68. The van der Waals surface area contributed by atoms with Crippen LogP contribution < -0.4 is 5.32 Å². The molecule has 0 radical (unpaired) electrons. The Morgan fingerprint density at radius 2 is 1.82 bits per heavy atom. The fourth-order valence-corrected chi connectivity index (χ4v) is 1.94. The van der Waals surface area contributed by atoms with Gasteiger partial charge >= 0.3 is 5.97 Å². The first-order valence-electron chi connectivity index (χ1n) is 6.32. The van der Waals surface area contributed by atoms with Crippen molar-refractivity contribution in [3.05, 3.63) is 64.1 Å². The van der Waals surface area contributed by atoms with Crippen molar-refractivity contribution in [2.24, 2.45) is 0 Å². The van der Waals surface area contributed by atoms with Gasteiger partial charge in [-0.1, -0.05) is 28.1 Å². The molecule has 0 fully saturated rings. The number of esters is 1. The number of ether oxygens (including phenoxy) is 1. The molecule has 0 unspecified atom stereocenters. The first-order valence-corrected chi connectivity index (χ1v) is 7.11.